The lowest BCUT2D eigenvalue weighted by molar-refractivity contribution is 0.290. The van der Waals surface area contributed by atoms with Gasteiger partial charge in [0.2, 0.25) is 15.9 Å². The van der Waals surface area contributed by atoms with Gasteiger partial charge in [0.1, 0.15) is 0 Å². The van der Waals surface area contributed by atoms with Crippen molar-refractivity contribution in [3.63, 3.8) is 0 Å². The standard InChI is InChI=1S/C19H21N3O4S/c1-13-5-6-16(12-14(13)2)27(23,24)22-9-7-15(8-10-22)18-20-21-19(26-18)17-4-3-11-25-17/h3-6,11-12,15H,7-10H2,1-2H3. The molecule has 1 aliphatic rings. The predicted octanol–water partition coefficient (Wildman–Crippen LogP) is 3.51. The lowest BCUT2D eigenvalue weighted by atomic mass is 9.98. The van der Waals surface area contributed by atoms with Gasteiger partial charge in [-0.3, -0.25) is 0 Å². The SMILES string of the molecule is Cc1ccc(S(=O)(=O)N2CCC(c3nnc(-c4ccco4)o3)CC2)cc1C. The number of rotatable bonds is 4. The minimum absolute atomic E-state index is 0.0485. The quantitative estimate of drug-likeness (QED) is 0.680. The Morgan fingerprint density at radius 1 is 1.07 bits per heavy atom. The van der Waals surface area contributed by atoms with Gasteiger partial charge in [-0.2, -0.15) is 4.31 Å². The van der Waals surface area contributed by atoms with E-state index in [0.717, 1.165) is 11.1 Å². The first-order valence-electron chi connectivity index (χ1n) is 8.90. The van der Waals surface area contributed by atoms with E-state index in [4.69, 9.17) is 8.83 Å². The summed E-state index contributed by atoms with van der Waals surface area (Å²) in [4.78, 5) is 0.349. The van der Waals surface area contributed by atoms with Crippen molar-refractivity contribution in [2.75, 3.05) is 13.1 Å². The number of benzene rings is 1. The topological polar surface area (TPSA) is 89.4 Å². The molecule has 2 aromatic heterocycles. The van der Waals surface area contributed by atoms with Crippen LogP contribution in [0, 0.1) is 13.8 Å². The third kappa shape index (κ3) is 3.42. The van der Waals surface area contributed by atoms with Gasteiger partial charge in [0, 0.05) is 19.0 Å². The molecule has 0 N–H and O–H groups in total. The van der Waals surface area contributed by atoms with Crippen LogP contribution in [0.4, 0.5) is 0 Å². The molecular formula is C19H21N3O4S. The molecule has 1 saturated heterocycles. The van der Waals surface area contributed by atoms with Crippen LogP contribution in [0.5, 0.6) is 0 Å². The summed E-state index contributed by atoms with van der Waals surface area (Å²) in [5, 5.41) is 8.14. The number of furan rings is 1. The number of hydrogen-bond donors (Lipinski definition) is 0. The Morgan fingerprint density at radius 2 is 1.85 bits per heavy atom. The fourth-order valence-corrected chi connectivity index (χ4v) is 4.82. The molecule has 3 heterocycles. The van der Waals surface area contributed by atoms with E-state index < -0.39 is 10.0 Å². The average Bonchev–Trinajstić information content (AvgIpc) is 3.35. The summed E-state index contributed by atoms with van der Waals surface area (Å²) in [6, 6.07) is 8.79. The minimum atomic E-state index is -3.49. The molecule has 0 radical (unpaired) electrons. The van der Waals surface area contributed by atoms with Crippen LogP contribution < -0.4 is 0 Å². The highest BCUT2D eigenvalue weighted by Gasteiger charge is 2.32. The molecule has 0 aliphatic carbocycles. The van der Waals surface area contributed by atoms with Gasteiger partial charge in [-0.1, -0.05) is 6.07 Å². The smallest absolute Gasteiger partial charge is 0.283 e. The second-order valence-corrected chi connectivity index (χ2v) is 8.79. The van der Waals surface area contributed by atoms with Gasteiger partial charge in [0.05, 0.1) is 11.2 Å². The Labute approximate surface area is 158 Å². The van der Waals surface area contributed by atoms with E-state index in [1.54, 1.807) is 30.5 Å². The highest BCUT2D eigenvalue weighted by Crippen LogP contribution is 2.32. The van der Waals surface area contributed by atoms with Crippen LogP contribution in [0.1, 0.15) is 35.8 Å². The zero-order valence-electron chi connectivity index (χ0n) is 15.3. The van der Waals surface area contributed by atoms with Crippen LogP contribution in [-0.2, 0) is 10.0 Å². The lowest BCUT2D eigenvalue weighted by Crippen LogP contribution is -2.38. The molecule has 7 nitrogen and oxygen atoms in total. The summed E-state index contributed by atoms with van der Waals surface area (Å²) in [5.74, 6) is 1.46. The zero-order chi connectivity index (χ0) is 19.0. The van der Waals surface area contributed by atoms with Crippen LogP contribution in [0.15, 0.2) is 50.3 Å². The highest BCUT2D eigenvalue weighted by atomic mass is 32.2. The largest absolute Gasteiger partial charge is 0.459 e. The second kappa shape index (κ2) is 6.94. The van der Waals surface area contributed by atoms with Crippen molar-refractivity contribution < 1.29 is 17.3 Å². The van der Waals surface area contributed by atoms with Gasteiger partial charge < -0.3 is 8.83 Å². The Balaban J connectivity index is 1.46. The van der Waals surface area contributed by atoms with Gasteiger partial charge in [0.15, 0.2) is 5.76 Å². The molecule has 1 aliphatic heterocycles. The van der Waals surface area contributed by atoms with E-state index in [-0.39, 0.29) is 5.92 Å². The Hall–Kier alpha value is -2.45. The first-order chi connectivity index (χ1) is 12.9. The van der Waals surface area contributed by atoms with Crippen molar-refractivity contribution in [2.45, 2.75) is 37.5 Å². The van der Waals surface area contributed by atoms with E-state index in [9.17, 15) is 8.42 Å². The molecule has 0 saturated carbocycles. The maximum Gasteiger partial charge on any atom is 0.283 e. The van der Waals surface area contributed by atoms with Gasteiger partial charge in [-0.05, 0) is 62.1 Å². The Bertz CT molecular complexity index is 1030. The van der Waals surface area contributed by atoms with Crippen LogP contribution in [0.25, 0.3) is 11.7 Å². The third-order valence-corrected chi connectivity index (χ3v) is 6.99. The van der Waals surface area contributed by atoms with Crippen molar-refractivity contribution in [1.82, 2.24) is 14.5 Å². The molecule has 3 aromatic rings. The summed E-state index contributed by atoms with van der Waals surface area (Å²) >= 11 is 0. The third-order valence-electron chi connectivity index (χ3n) is 5.09. The monoisotopic (exact) mass is 387 g/mol. The number of aryl methyl sites for hydroxylation is 2. The fourth-order valence-electron chi connectivity index (χ4n) is 3.27. The number of aromatic nitrogens is 2. The first-order valence-corrected chi connectivity index (χ1v) is 10.3. The van der Waals surface area contributed by atoms with Crippen molar-refractivity contribution >= 4 is 10.0 Å². The van der Waals surface area contributed by atoms with Gasteiger partial charge in [0.25, 0.3) is 5.89 Å². The number of nitrogens with zero attached hydrogens (tertiary/aromatic N) is 3. The van der Waals surface area contributed by atoms with Gasteiger partial charge in [-0.15, -0.1) is 10.2 Å². The minimum Gasteiger partial charge on any atom is -0.459 e. The molecule has 0 spiro atoms. The average molecular weight is 387 g/mol. The highest BCUT2D eigenvalue weighted by molar-refractivity contribution is 7.89. The summed E-state index contributed by atoms with van der Waals surface area (Å²) in [5.41, 5.74) is 2.05. The number of piperidine rings is 1. The van der Waals surface area contributed by atoms with Crippen LogP contribution >= 0.6 is 0 Å². The molecular weight excluding hydrogens is 366 g/mol. The second-order valence-electron chi connectivity index (χ2n) is 6.85. The number of hydrogen-bond acceptors (Lipinski definition) is 6. The Morgan fingerprint density at radius 3 is 2.52 bits per heavy atom. The normalized spacial score (nSPS) is 16.7. The molecule has 1 aromatic carbocycles. The molecule has 0 amide bonds. The summed E-state index contributed by atoms with van der Waals surface area (Å²) in [6.45, 7) is 4.75. The van der Waals surface area contributed by atoms with E-state index >= 15 is 0 Å². The molecule has 0 atom stereocenters. The lowest BCUT2D eigenvalue weighted by Gasteiger charge is -2.29. The van der Waals surface area contributed by atoms with Crippen molar-refractivity contribution in [3.05, 3.63) is 53.6 Å². The molecule has 27 heavy (non-hydrogen) atoms. The summed E-state index contributed by atoms with van der Waals surface area (Å²) in [6.07, 6.45) is 2.84. The van der Waals surface area contributed by atoms with Crippen LogP contribution in [0.3, 0.4) is 0 Å². The van der Waals surface area contributed by atoms with Crippen molar-refractivity contribution in [3.8, 4) is 11.7 Å². The number of sulfonamides is 1. The molecule has 142 valence electrons. The molecule has 0 unspecified atom stereocenters. The van der Waals surface area contributed by atoms with Crippen molar-refractivity contribution in [2.24, 2.45) is 0 Å². The van der Waals surface area contributed by atoms with E-state index in [1.807, 2.05) is 19.9 Å². The summed E-state index contributed by atoms with van der Waals surface area (Å²) < 4.78 is 38.4. The van der Waals surface area contributed by atoms with E-state index in [1.165, 1.54) is 4.31 Å². The van der Waals surface area contributed by atoms with Crippen LogP contribution in [0.2, 0.25) is 0 Å². The van der Waals surface area contributed by atoms with Gasteiger partial charge in [-0.25, -0.2) is 8.42 Å². The first kappa shape index (κ1) is 17.9. The summed E-state index contributed by atoms with van der Waals surface area (Å²) in [7, 11) is -3.49. The molecule has 4 rings (SSSR count). The molecule has 1 fully saturated rings. The Kier molecular flexibility index (Phi) is 4.61. The van der Waals surface area contributed by atoms with Crippen LogP contribution in [-0.4, -0.2) is 36.0 Å². The predicted molar refractivity (Wildman–Crippen MR) is 98.6 cm³/mol. The van der Waals surface area contributed by atoms with E-state index in [2.05, 4.69) is 10.2 Å². The maximum atomic E-state index is 12.9. The zero-order valence-corrected chi connectivity index (χ0v) is 16.1. The fraction of sp³-hybridized carbons (Fsp3) is 0.368. The maximum absolute atomic E-state index is 12.9. The molecule has 0 bridgehead atoms. The van der Waals surface area contributed by atoms with Gasteiger partial charge >= 0.3 is 0 Å². The van der Waals surface area contributed by atoms with E-state index in [0.29, 0.717) is 48.4 Å². The molecule has 8 heteroatoms. The van der Waals surface area contributed by atoms with Crippen molar-refractivity contribution in [1.29, 1.82) is 0 Å².